The molecule has 0 saturated heterocycles. The first-order chi connectivity index (χ1) is 10.7. The van der Waals surface area contributed by atoms with Crippen molar-refractivity contribution in [3.8, 4) is 11.3 Å². The Kier molecular flexibility index (Phi) is 3.66. The average Bonchev–Trinajstić information content (AvgIpc) is 2.66. The zero-order valence-corrected chi connectivity index (χ0v) is 15.6. The third-order valence-corrected chi connectivity index (χ3v) is 6.87. The predicted molar refractivity (Wildman–Crippen MR) is 99.0 cm³/mol. The first-order valence-corrected chi connectivity index (χ1v) is 8.80. The van der Waals surface area contributed by atoms with E-state index < -0.39 is 0 Å². The number of pyridine rings is 1. The van der Waals surface area contributed by atoms with Gasteiger partial charge in [-0.15, -0.1) is 0 Å². The second-order valence-electron chi connectivity index (χ2n) is 8.10. The van der Waals surface area contributed by atoms with Crippen molar-refractivity contribution in [2.75, 3.05) is 0 Å². The Morgan fingerprint density at radius 3 is 2.39 bits per heavy atom. The van der Waals surface area contributed by atoms with Gasteiger partial charge in [0.1, 0.15) is 0 Å². The summed E-state index contributed by atoms with van der Waals surface area (Å²) in [6.45, 7) is 16.3. The Hall–Kier alpha value is -1.63. The van der Waals surface area contributed by atoms with Crippen molar-refractivity contribution in [3.05, 3.63) is 52.7 Å². The van der Waals surface area contributed by atoms with Crippen LogP contribution in [-0.4, -0.2) is 4.98 Å². The molecule has 2 unspecified atom stereocenters. The summed E-state index contributed by atoms with van der Waals surface area (Å²) in [5.41, 5.74) is 8.39. The van der Waals surface area contributed by atoms with Crippen molar-refractivity contribution in [2.24, 2.45) is 5.41 Å². The Labute approximate surface area is 141 Å². The lowest BCUT2D eigenvalue weighted by atomic mass is 9.63. The van der Waals surface area contributed by atoms with E-state index in [1.165, 1.54) is 27.8 Å². The number of fused-ring (bicyclic) bond motifs is 1. The van der Waals surface area contributed by atoms with Crippen molar-refractivity contribution >= 4 is 0 Å². The van der Waals surface area contributed by atoms with Gasteiger partial charge in [-0.2, -0.15) is 0 Å². The van der Waals surface area contributed by atoms with Crippen LogP contribution in [0.4, 0.5) is 0 Å². The summed E-state index contributed by atoms with van der Waals surface area (Å²) in [6, 6.07) is 8.98. The zero-order valence-electron chi connectivity index (χ0n) is 15.6. The predicted octanol–water partition coefficient (Wildman–Crippen LogP) is 6.18. The van der Waals surface area contributed by atoms with Gasteiger partial charge in [-0.3, -0.25) is 4.98 Å². The van der Waals surface area contributed by atoms with Crippen LogP contribution in [0.5, 0.6) is 0 Å². The summed E-state index contributed by atoms with van der Waals surface area (Å²) >= 11 is 0. The highest BCUT2D eigenvalue weighted by Crippen LogP contribution is 2.60. The topological polar surface area (TPSA) is 12.9 Å². The summed E-state index contributed by atoms with van der Waals surface area (Å²) in [5, 5.41) is 0. The fraction of sp³-hybridized carbons (Fsp3) is 0.500. The monoisotopic (exact) mass is 307 g/mol. The van der Waals surface area contributed by atoms with Crippen molar-refractivity contribution in [2.45, 2.75) is 66.2 Å². The molecule has 0 spiro atoms. The molecule has 23 heavy (non-hydrogen) atoms. The second kappa shape index (κ2) is 5.19. The standard InChI is InChI=1S/C22H29N/c1-8-22(7)19-13-23-20(12-18(19)16(4)21(22,5)6)17-10-9-14(2)11-15(17)3/h9-13,16H,8H2,1-7H3. The lowest BCUT2D eigenvalue weighted by Crippen LogP contribution is -2.36. The Morgan fingerprint density at radius 1 is 1.09 bits per heavy atom. The van der Waals surface area contributed by atoms with Crippen LogP contribution in [0.15, 0.2) is 30.5 Å². The van der Waals surface area contributed by atoms with E-state index in [0.29, 0.717) is 5.92 Å². The van der Waals surface area contributed by atoms with Gasteiger partial charge in [0.25, 0.3) is 0 Å². The Bertz CT molecular complexity index is 757. The molecule has 2 aromatic rings. The molecule has 0 radical (unpaired) electrons. The SMILES string of the molecule is CCC1(C)c2cnc(-c3ccc(C)cc3C)cc2C(C)C1(C)C. The third-order valence-electron chi connectivity index (χ3n) is 6.87. The van der Waals surface area contributed by atoms with E-state index in [2.05, 4.69) is 78.9 Å². The highest BCUT2D eigenvalue weighted by Gasteiger charge is 2.52. The number of hydrogen-bond acceptors (Lipinski definition) is 1. The normalized spacial score (nSPS) is 25.4. The van der Waals surface area contributed by atoms with Crippen LogP contribution in [0.3, 0.4) is 0 Å². The Morgan fingerprint density at radius 2 is 1.78 bits per heavy atom. The van der Waals surface area contributed by atoms with Crippen LogP contribution in [0.25, 0.3) is 11.3 Å². The lowest BCUT2D eigenvalue weighted by molar-refractivity contribution is 0.166. The third kappa shape index (κ3) is 2.16. The molecule has 0 bridgehead atoms. The van der Waals surface area contributed by atoms with Gasteiger partial charge < -0.3 is 0 Å². The zero-order chi connectivity index (χ0) is 17.0. The largest absolute Gasteiger partial charge is 0.256 e. The molecule has 0 fully saturated rings. The minimum atomic E-state index is 0.204. The molecule has 0 saturated carbocycles. The van der Waals surface area contributed by atoms with Gasteiger partial charge in [-0.25, -0.2) is 0 Å². The van der Waals surface area contributed by atoms with E-state index in [9.17, 15) is 0 Å². The smallest absolute Gasteiger partial charge is 0.0707 e. The van der Waals surface area contributed by atoms with Crippen LogP contribution in [0, 0.1) is 19.3 Å². The summed E-state index contributed by atoms with van der Waals surface area (Å²) in [5.74, 6) is 0.551. The molecular weight excluding hydrogens is 278 g/mol. The molecule has 1 nitrogen and oxygen atoms in total. The van der Waals surface area contributed by atoms with Crippen LogP contribution in [0.1, 0.15) is 69.2 Å². The molecule has 1 aromatic carbocycles. The maximum Gasteiger partial charge on any atom is 0.0707 e. The second-order valence-corrected chi connectivity index (χ2v) is 8.10. The summed E-state index contributed by atoms with van der Waals surface area (Å²) in [6.07, 6.45) is 3.31. The van der Waals surface area contributed by atoms with Gasteiger partial charge in [0.05, 0.1) is 5.69 Å². The number of hydrogen-bond donors (Lipinski definition) is 0. The van der Waals surface area contributed by atoms with Gasteiger partial charge in [-0.1, -0.05) is 58.4 Å². The molecule has 0 aliphatic heterocycles. The van der Waals surface area contributed by atoms with Gasteiger partial charge in [-0.05, 0) is 59.8 Å². The van der Waals surface area contributed by atoms with E-state index in [4.69, 9.17) is 4.98 Å². The Balaban J connectivity index is 2.17. The maximum absolute atomic E-state index is 4.85. The van der Waals surface area contributed by atoms with Crippen molar-refractivity contribution in [3.63, 3.8) is 0 Å². The highest BCUT2D eigenvalue weighted by atomic mass is 14.7. The van der Waals surface area contributed by atoms with Crippen molar-refractivity contribution < 1.29 is 0 Å². The molecule has 3 rings (SSSR count). The summed E-state index contributed by atoms with van der Waals surface area (Å²) < 4.78 is 0. The van der Waals surface area contributed by atoms with Crippen molar-refractivity contribution in [1.82, 2.24) is 4.98 Å². The average molecular weight is 307 g/mol. The van der Waals surface area contributed by atoms with E-state index in [1.807, 2.05) is 0 Å². The molecule has 0 amide bonds. The molecule has 1 aromatic heterocycles. The number of aryl methyl sites for hydroxylation is 2. The molecular formula is C22H29N. The highest BCUT2D eigenvalue weighted by molar-refractivity contribution is 5.66. The molecule has 1 heterocycles. The van der Waals surface area contributed by atoms with Gasteiger partial charge >= 0.3 is 0 Å². The number of benzene rings is 1. The van der Waals surface area contributed by atoms with Crippen molar-refractivity contribution in [1.29, 1.82) is 0 Å². The fourth-order valence-electron chi connectivity index (χ4n) is 4.40. The number of nitrogens with zero attached hydrogens (tertiary/aromatic N) is 1. The van der Waals surface area contributed by atoms with E-state index in [1.54, 1.807) is 0 Å². The molecule has 122 valence electrons. The van der Waals surface area contributed by atoms with Crippen LogP contribution in [0.2, 0.25) is 0 Å². The number of rotatable bonds is 2. The quantitative estimate of drug-likeness (QED) is 0.646. The van der Waals surface area contributed by atoms with E-state index in [0.717, 1.165) is 12.1 Å². The van der Waals surface area contributed by atoms with Crippen LogP contribution < -0.4 is 0 Å². The van der Waals surface area contributed by atoms with Gasteiger partial charge in [0, 0.05) is 11.8 Å². The first kappa shape index (κ1) is 16.2. The molecule has 1 aliphatic rings. The summed E-state index contributed by atoms with van der Waals surface area (Å²) in [7, 11) is 0. The van der Waals surface area contributed by atoms with Gasteiger partial charge in [0.2, 0.25) is 0 Å². The molecule has 1 heteroatoms. The lowest BCUT2D eigenvalue weighted by Gasteiger charge is -2.41. The van der Waals surface area contributed by atoms with E-state index >= 15 is 0 Å². The van der Waals surface area contributed by atoms with Gasteiger partial charge in [0.15, 0.2) is 0 Å². The first-order valence-electron chi connectivity index (χ1n) is 8.80. The summed E-state index contributed by atoms with van der Waals surface area (Å²) in [4.78, 5) is 4.85. The molecule has 1 aliphatic carbocycles. The van der Waals surface area contributed by atoms with Crippen LogP contribution >= 0.6 is 0 Å². The van der Waals surface area contributed by atoms with Crippen LogP contribution in [-0.2, 0) is 5.41 Å². The molecule has 2 atom stereocenters. The number of aromatic nitrogens is 1. The minimum absolute atomic E-state index is 0.204. The maximum atomic E-state index is 4.85. The fourth-order valence-corrected chi connectivity index (χ4v) is 4.40. The minimum Gasteiger partial charge on any atom is -0.256 e. The van der Waals surface area contributed by atoms with E-state index in [-0.39, 0.29) is 10.8 Å². The molecule has 0 N–H and O–H groups in total.